The van der Waals surface area contributed by atoms with Gasteiger partial charge in [-0.05, 0) is 25.2 Å². The molecule has 11 nitrogen and oxygen atoms in total. The molecular formula is C16H29N5O6. The van der Waals surface area contributed by atoms with Crippen molar-refractivity contribution in [3.8, 4) is 0 Å². The van der Waals surface area contributed by atoms with Crippen LogP contribution in [0.3, 0.4) is 0 Å². The van der Waals surface area contributed by atoms with Crippen LogP contribution in [0.1, 0.15) is 46.0 Å². The number of carbonyl (C=O) groups is 5. The molecule has 0 spiro atoms. The highest BCUT2D eigenvalue weighted by Gasteiger charge is 2.28. The Labute approximate surface area is 157 Å². The topological polar surface area (TPSA) is 208 Å². The van der Waals surface area contributed by atoms with Crippen LogP contribution in [0.2, 0.25) is 0 Å². The zero-order valence-corrected chi connectivity index (χ0v) is 15.6. The molecule has 0 aliphatic carbocycles. The second kappa shape index (κ2) is 11.8. The number of carboxylic acids is 1. The zero-order valence-electron chi connectivity index (χ0n) is 15.6. The number of carbonyl (C=O) groups excluding carboxylic acids is 4. The number of hydrogen-bond acceptors (Lipinski definition) is 6. The van der Waals surface area contributed by atoms with Gasteiger partial charge in [0.05, 0.1) is 6.04 Å². The molecule has 0 aromatic rings. The summed E-state index contributed by atoms with van der Waals surface area (Å²) in [6.45, 7) is 3.64. The molecule has 0 aliphatic heterocycles. The maximum absolute atomic E-state index is 12.4. The lowest BCUT2D eigenvalue weighted by atomic mass is 10.0. The number of aliphatic carboxylic acids is 1. The van der Waals surface area contributed by atoms with E-state index in [1.807, 2.05) is 13.8 Å². The summed E-state index contributed by atoms with van der Waals surface area (Å²) in [6, 6.07) is -3.38. The van der Waals surface area contributed by atoms with Gasteiger partial charge in [-0.15, -0.1) is 0 Å². The Balaban J connectivity index is 5.01. The minimum atomic E-state index is -1.32. The minimum absolute atomic E-state index is 0.0109. The maximum atomic E-state index is 12.4. The average molecular weight is 387 g/mol. The van der Waals surface area contributed by atoms with E-state index in [-0.39, 0.29) is 38.0 Å². The van der Waals surface area contributed by atoms with Crippen LogP contribution in [-0.2, 0) is 24.0 Å². The van der Waals surface area contributed by atoms with Crippen molar-refractivity contribution < 1.29 is 29.1 Å². The smallest absolute Gasteiger partial charge is 0.326 e. The summed E-state index contributed by atoms with van der Waals surface area (Å²) in [6.07, 6.45) is -0.201. The largest absolute Gasteiger partial charge is 0.480 e. The summed E-state index contributed by atoms with van der Waals surface area (Å²) in [5, 5.41) is 13.9. The van der Waals surface area contributed by atoms with Gasteiger partial charge in [-0.3, -0.25) is 19.2 Å². The number of amides is 4. The molecule has 0 unspecified atom stereocenters. The van der Waals surface area contributed by atoms with Crippen molar-refractivity contribution in [3.05, 3.63) is 0 Å². The van der Waals surface area contributed by atoms with Crippen LogP contribution in [0.5, 0.6) is 0 Å². The van der Waals surface area contributed by atoms with Crippen LogP contribution in [0, 0.1) is 5.92 Å². The van der Waals surface area contributed by atoms with E-state index in [4.69, 9.17) is 17.2 Å². The summed E-state index contributed by atoms with van der Waals surface area (Å²) in [5.74, 6) is -3.97. The van der Waals surface area contributed by atoms with Gasteiger partial charge in [0.15, 0.2) is 0 Å². The lowest BCUT2D eigenvalue weighted by Crippen LogP contribution is -2.55. The van der Waals surface area contributed by atoms with Crippen molar-refractivity contribution in [1.82, 2.24) is 10.6 Å². The fraction of sp³-hybridized carbons (Fsp3) is 0.688. The highest BCUT2D eigenvalue weighted by molar-refractivity contribution is 5.92. The van der Waals surface area contributed by atoms with Crippen LogP contribution in [0.4, 0.5) is 0 Å². The van der Waals surface area contributed by atoms with E-state index in [1.165, 1.54) is 0 Å². The Morgan fingerprint density at radius 3 is 1.78 bits per heavy atom. The van der Waals surface area contributed by atoms with E-state index >= 15 is 0 Å². The van der Waals surface area contributed by atoms with Crippen LogP contribution >= 0.6 is 0 Å². The van der Waals surface area contributed by atoms with Gasteiger partial charge in [0, 0.05) is 12.8 Å². The van der Waals surface area contributed by atoms with Gasteiger partial charge in [0.2, 0.25) is 23.6 Å². The summed E-state index contributed by atoms with van der Waals surface area (Å²) < 4.78 is 0. The first-order valence-electron chi connectivity index (χ1n) is 8.59. The van der Waals surface area contributed by atoms with Gasteiger partial charge in [-0.1, -0.05) is 13.8 Å². The Morgan fingerprint density at radius 1 is 0.852 bits per heavy atom. The van der Waals surface area contributed by atoms with E-state index in [2.05, 4.69) is 10.6 Å². The highest BCUT2D eigenvalue weighted by atomic mass is 16.4. The van der Waals surface area contributed by atoms with Crippen molar-refractivity contribution in [2.75, 3.05) is 0 Å². The van der Waals surface area contributed by atoms with Crippen molar-refractivity contribution in [1.29, 1.82) is 0 Å². The first-order valence-corrected chi connectivity index (χ1v) is 8.59. The van der Waals surface area contributed by atoms with Crippen LogP contribution in [0.15, 0.2) is 0 Å². The normalized spacial score (nSPS) is 14.1. The van der Waals surface area contributed by atoms with E-state index in [0.29, 0.717) is 0 Å². The van der Waals surface area contributed by atoms with Crippen LogP contribution in [0.25, 0.3) is 0 Å². The minimum Gasteiger partial charge on any atom is -0.480 e. The van der Waals surface area contributed by atoms with Gasteiger partial charge in [0.1, 0.15) is 12.1 Å². The lowest BCUT2D eigenvalue weighted by molar-refractivity contribution is -0.142. The Hall–Kier alpha value is -2.69. The van der Waals surface area contributed by atoms with E-state index in [9.17, 15) is 29.1 Å². The zero-order chi connectivity index (χ0) is 21.1. The SMILES string of the molecule is CC(C)C[C@H](NC(=O)[C@@H](N)CCC(N)=O)C(=O)N[C@@H](CCC(N)=O)C(=O)O. The monoisotopic (exact) mass is 387 g/mol. The lowest BCUT2D eigenvalue weighted by Gasteiger charge is -2.24. The molecule has 0 heterocycles. The Bertz CT molecular complexity index is 566. The molecule has 3 atom stereocenters. The second-order valence-electron chi connectivity index (χ2n) is 6.71. The first-order chi connectivity index (χ1) is 12.4. The molecule has 0 saturated carbocycles. The molecular weight excluding hydrogens is 358 g/mol. The molecule has 27 heavy (non-hydrogen) atoms. The third-order valence-electron chi connectivity index (χ3n) is 3.67. The van der Waals surface area contributed by atoms with Gasteiger partial charge in [0.25, 0.3) is 0 Å². The molecule has 4 amide bonds. The van der Waals surface area contributed by atoms with E-state index in [1.54, 1.807) is 0 Å². The van der Waals surface area contributed by atoms with Crippen molar-refractivity contribution >= 4 is 29.6 Å². The number of hydrogen-bond donors (Lipinski definition) is 6. The molecule has 154 valence electrons. The summed E-state index contributed by atoms with van der Waals surface area (Å²) in [7, 11) is 0. The quantitative estimate of drug-likeness (QED) is 0.208. The predicted molar refractivity (Wildman–Crippen MR) is 95.8 cm³/mol. The fourth-order valence-electron chi connectivity index (χ4n) is 2.23. The average Bonchev–Trinajstić information content (AvgIpc) is 2.54. The third kappa shape index (κ3) is 10.8. The first kappa shape index (κ1) is 24.3. The molecule has 0 fully saturated rings. The molecule has 0 aliphatic rings. The van der Waals surface area contributed by atoms with Crippen molar-refractivity contribution in [2.24, 2.45) is 23.1 Å². The molecule has 0 aromatic heterocycles. The molecule has 0 rings (SSSR count). The molecule has 0 saturated heterocycles. The number of nitrogens with two attached hydrogens (primary N) is 3. The molecule has 0 bridgehead atoms. The maximum Gasteiger partial charge on any atom is 0.326 e. The van der Waals surface area contributed by atoms with Crippen molar-refractivity contribution in [3.63, 3.8) is 0 Å². The Kier molecular flexibility index (Phi) is 10.7. The van der Waals surface area contributed by atoms with Crippen LogP contribution in [-0.4, -0.2) is 52.8 Å². The predicted octanol–water partition coefficient (Wildman–Crippen LogP) is -2.05. The molecule has 0 aromatic carbocycles. The van der Waals surface area contributed by atoms with Crippen molar-refractivity contribution in [2.45, 2.75) is 64.1 Å². The van der Waals surface area contributed by atoms with E-state index in [0.717, 1.165) is 0 Å². The van der Waals surface area contributed by atoms with Gasteiger partial charge in [-0.2, -0.15) is 0 Å². The standard InChI is InChI=1S/C16H29N5O6/c1-8(2)7-11(21-14(24)9(17)3-5-12(18)22)15(25)20-10(16(26)27)4-6-13(19)23/h8-11H,3-7,17H2,1-2H3,(H2,18,22)(H2,19,23)(H,20,25)(H,21,24)(H,26,27)/t9-,10-,11-/m0/s1. The third-order valence-corrected chi connectivity index (χ3v) is 3.67. The Morgan fingerprint density at radius 2 is 1.33 bits per heavy atom. The summed E-state index contributed by atoms with van der Waals surface area (Å²) >= 11 is 0. The number of nitrogens with one attached hydrogen (secondary N) is 2. The molecule has 0 radical (unpaired) electrons. The van der Waals surface area contributed by atoms with Gasteiger partial charge < -0.3 is 32.9 Å². The summed E-state index contributed by atoms with van der Waals surface area (Å²) in [4.78, 5) is 57.5. The van der Waals surface area contributed by atoms with E-state index < -0.39 is 47.7 Å². The number of primary amides is 2. The fourth-order valence-corrected chi connectivity index (χ4v) is 2.23. The number of rotatable bonds is 13. The summed E-state index contributed by atoms with van der Waals surface area (Å²) in [5.41, 5.74) is 15.7. The second-order valence-corrected chi connectivity index (χ2v) is 6.71. The van der Waals surface area contributed by atoms with Gasteiger partial charge in [-0.25, -0.2) is 4.79 Å². The highest BCUT2D eigenvalue weighted by Crippen LogP contribution is 2.07. The van der Waals surface area contributed by atoms with Crippen LogP contribution < -0.4 is 27.8 Å². The molecule has 9 N–H and O–H groups in total. The number of carboxylic acid groups (broad SMARTS) is 1. The van der Waals surface area contributed by atoms with Gasteiger partial charge >= 0.3 is 5.97 Å². The molecule has 11 heteroatoms.